The first kappa shape index (κ1) is 14.0. The predicted molar refractivity (Wildman–Crippen MR) is 79.3 cm³/mol. The Labute approximate surface area is 130 Å². The van der Waals surface area contributed by atoms with Crippen LogP contribution < -0.4 is 5.73 Å². The molecule has 7 heteroatoms. The third-order valence-corrected chi connectivity index (χ3v) is 3.28. The van der Waals surface area contributed by atoms with Gasteiger partial charge < -0.3 is 10.2 Å². The normalized spacial score (nSPS) is 10.5. The maximum absolute atomic E-state index is 11.2. The molecule has 0 aliphatic heterocycles. The number of hydrogen-bond donors (Lipinski definition) is 1. The fraction of sp³-hybridized carbons (Fsp3) is 0.0667. The van der Waals surface area contributed by atoms with Gasteiger partial charge in [0.2, 0.25) is 11.7 Å². The number of nitrogens with zero attached hydrogens (tertiary/aromatic N) is 3. The van der Waals surface area contributed by atoms with E-state index < -0.39 is 5.91 Å². The van der Waals surface area contributed by atoms with Gasteiger partial charge in [0.1, 0.15) is 6.07 Å². The molecule has 0 aliphatic carbocycles. The quantitative estimate of drug-likeness (QED) is 0.799. The number of halogens is 1. The molecule has 0 fully saturated rings. The van der Waals surface area contributed by atoms with Crippen LogP contribution in [0, 0.1) is 11.3 Å². The summed E-state index contributed by atoms with van der Waals surface area (Å²) in [6.45, 7) is 0. The molecule has 0 radical (unpaired) electrons. The van der Waals surface area contributed by atoms with Crippen LogP contribution in [0.2, 0.25) is 5.02 Å². The van der Waals surface area contributed by atoms with E-state index in [1.165, 1.54) is 0 Å². The number of aromatic nitrogens is 2. The minimum absolute atomic E-state index is 0.104. The summed E-state index contributed by atoms with van der Waals surface area (Å²) >= 11 is 5.93. The molecular formula is C15H9ClN4O2. The highest BCUT2D eigenvalue weighted by molar-refractivity contribution is 6.31. The summed E-state index contributed by atoms with van der Waals surface area (Å²) in [6, 6.07) is 9.20. The molecular weight excluding hydrogens is 304 g/mol. The fourth-order valence-corrected chi connectivity index (χ4v) is 2.29. The summed E-state index contributed by atoms with van der Waals surface area (Å²) in [5.41, 5.74) is 6.74. The minimum atomic E-state index is -0.815. The van der Waals surface area contributed by atoms with Gasteiger partial charge in [-0.2, -0.15) is 5.26 Å². The number of hydrogen-bond acceptors (Lipinski definition) is 5. The summed E-state index contributed by atoms with van der Waals surface area (Å²) in [7, 11) is 0. The lowest BCUT2D eigenvalue weighted by Crippen LogP contribution is -2.11. The third-order valence-electron chi connectivity index (χ3n) is 3.07. The van der Waals surface area contributed by atoms with Crippen molar-refractivity contribution in [2.75, 3.05) is 0 Å². The van der Waals surface area contributed by atoms with Crippen LogP contribution in [-0.2, 0) is 6.42 Å². The molecule has 0 aliphatic rings. The standard InChI is InChI=1S/C15H9ClN4O2/c16-10-5-9-3-8(1-2-11(9)19-7-10)4-13-20-12(6-17)14(22-13)15(18)21/h1-3,5,7H,4H2,(H2,18,21). The van der Waals surface area contributed by atoms with Crippen molar-refractivity contribution in [3.05, 3.63) is 58.4 Å². The molecule has 0 saturated heterocycles. The van der Waals surface area contributed by atoms with Crippen molar-refractivity contribution in [3.8, 4) is 6.07 Å². The lowest BCUT2D eigenvalue weighted by atomic mass is 10.1. The average Bonchev–Trinajstić information content (AvgIpc) is 2.90. The van der Waals surface area contributed by atoms with E-state index in [9.17, 15) is 4.79 Å². The summed E-state index contributed by atoms with van der Waals surface area (Å²) in [5.74, 6) is -0.785. The summed E-state index contributed by atoms with van der Waals surface area (Å²) in [4.78, 5) is 19.4. The number of carbonyl (C=O) groups is 1. The smallest absolute Gasteiger partial charge is 0.287 e. The Morgan fingerprint density at radius 3 is 2.91 bits per heavy atom. The molecule has 2 heterocycles. The van der Waals surface area contributed by atoms with E-state index in [2.05, 4.69) is 9.97 Å². The van der Waals surface area contributed by atoms with Crippen LogP contribution >= 0.6 is 11.6 Å². The zero-order valence-corrected chi connectivity index (χ0v) is 12.0. The van der Waals surface area contributed by atoms with Crippen molar-refractivity contribution in [2.24, 2.45) is 5.73 Å². The van der Waals surface area contributed by atoms with Crippen LogP contribution in [0.3, 0.4) is 0 Å². The lowest BCUT2D eigenvalue weighted by molar-refractivity contribution is 0.0972. The molecule has 0 atom stereocenters. The molecule has 108 valence electrons. The monoisotopic (exact) mass is 312 g/mol. The van der Waals surface area contributed by atoms with Crippen LogP contribution in [0.4, 0.5) is 0 Å². The van der Waals surface area contributed by atoms with E-state index in [0.717, 1.165) is 16.5 Å². The first-order valence-electron chi connectivity index (χ1n) is 6.30. The maximum atomic E-state index is 11.2. The predicted octanol–water partition coefficient (Wildman–Crippen LogP) is 2.44. The SMILES string of the molecule is N#Cc1nc(Cc2ccc3ncc(Cl)cc3c2)oc1C(N)=O. The van der Waals surface area contributed by atoms with Gasteiger partial charge in [0.15, 0.2) is 5.69 Å². The molecule has 1 aromatic carbocycles. The number of carbonyl (C=O) groups excluding carboxylic acids is 1. The maximum Gasteiger partial charge on any atom is 0.287 e. The molecule has 3 aromatic rings. The largest absolute Gasteiger partial charge is 0.434 e. The Kier molecular flexibility index (Phi) is 3.49. The van der Waals surface area contributed by atoms with Gasteiger partial charge in [-0.05, 0) is 23.8 Å². The third kappa shape index (κ3) is 2.62. The van der Waals surface area contributed by atoms with Crippen molar-refractivity contribution >= 4 is 28.4 Å². The second kappa shape index (κ2) is 5.47. The number of primary amides is 1. The number of pyridine rings is 1. The van der Waals surface area contributed by atoms with Crippen molar-refractivity contribution in [3.63, 3.8) is 0 Å². The molecule has 0 unspecified atom stereocenters. The Morgan fingerprint density at radius 2 is 2.23 bits per heavy atom. The van der Waals surface area contributed by atoms with Gasteiger partial charge in [0, 0.05) is 18.0 Å². The van der Waals surface area contributed by atoms with Crippen LogP contribution in [0.1, 0.15) is 27.7 Å². The van der Waals surface area contributed by atoms with Crippen molar-refractivity contribution in [2.45, 2.75) is 6.42 Å². The molecule has 2 aromatic heterocycles. The Morgan fingerprint density at radius 1 is 1.41 bits per heavy atom. The first-order valence-corrected chi connectivity index (χ1v) is 6.68. The number of oxazole rings is 1. The second-order valence-corrected chi connectivity index (χ2v) is 5.06. The van der Waals surface area contributed by atoms with E-state index in [0.29, 0.717) is 11.4 Å². The summed E-state index contributed by atoms with van der Waals surface area (Å²) in [6.07, 6.45) is 1.90. The molecule has 1 amide bonds. The molecule has 3 rings (SSSR count). The zero-order valence-electron chi connectivity index (χ0n) is 11.2. The van der Waals surface area contributed by atoms with E-state index in [-0.39, 0.29) is 17.3 Å². The van der Waals surface area contributed by atoms with Crippen molar-refractivity contribution in [1.82, 2.24) is 9.97 Å². The number of benzene rings is 1. The van der Waals surface area contributed by atoms with Gasteiger partial charge in [0.05, 0.1) is 10.5 Å². The number of nitriles is 1. The highest BCUT2D eigenvalue weighted by atomic mass is 35.5. The fourth-order valence-electron chi connectivity index (χ4n) is 2.12. The number of rotatable bonds is 3. The molecule has 0 saturated carbocycles. The minimum Gasteiger partial charge on any atom is -0.434 e. The number of nitrogens with two attached hydrogens (primary N) is 1. The van der Waals surface area contributed by atoms with Gasteiger partial charge in [-0.3, -0.25) is 9.78 Å². The highest BCUT2D eigenvalue weighted by Crippen LogP contribution is 2.20. The Balaban J connectivity index is 1.96. The topological polar surface area (TPSA) is 106 Å². The summed E-state index contributed by atoms with van der Waals surface area (Å²) < 4.78 is 5.26. The molecule has 0 spiro atoms. The lowest BCUT2D eigenvalue weighted by Gasteiger charge is -2.01. The van der Waals surface area contributed by atoms with Gasteiger partial charge in [-0.25, -0.2) is 4.98 Å². The molecule has 6 nitrogen and oxygen atoms in total. The van der Waals surface area contributed by atoms with Crippen molar-refractivity contribution in [1.29, 1.82) is 5.26 Å². The van der Waals surface area contributed by atoms with Crippen LogP contribution in [0.5, 0.6) is 0 Å². The zero-order chi connectivity index (χ0) is 15.7. The van der Waals surface area contributed by atoms with E-state index in [1.807, 2.05) is 18.2 Å². The average molecular weight is 313 g/mol. The van der Waals surface area contributed by atoms with Gasteiger partial charge in [0.25, 0.3) is 5.91 Å². The van der Waals surface area contributed by atoms with E-state index in [4.69, 9.17) is 27.0 Å². The first-order chi connectivity index (χ1) is 10.6. The van der Waals surface area contributed by atoms with Crippen LogP contribution in [0.25, 0.3) is 10.9 Å². The van der Waals surface area contributed by atoms with Gasteiger partial charge >= 0.3 is 0 Å². The molecule has 2 N–H and O–H groups in total. The Bertz CT molecular complexity index is 927. The number of amides is 1. The van der Waals surface area contributed by atoms with Gasteiger partial charge in [-0.1, -0.05) is 17.7 Å². The van der Waals surface area contributed by atoms with Crippen molar-refractivity contribution < 1.29 is 9.21 Å². The van der Waals surface area contributed by atoms with E-state index >= 15 is 0 Å². The molecule has 0 bridgehead atoms. The van der Waals surface area contributed by atoms with E-state index in [1.54, 1.807) is 18.3 Å². The number of fused-ring (bicyclic) bond motifs is 1. The van der Waals surface area contributed by atoms with Gasteiger partial charge in [-0.15, -0.1) is 0 Å². The van der Waals surface area contributed by atoms with Crippen LogP contribution in [0.15, 0.2) is 34.9 Å². The Hall–Kier alpha value is -2.91. The van der Waals surface area contributed by atoms with Crippen LogP contribution in [-0.4, -0.2) is 15.9 Å². The second-order valence-electron chi connectivity index (χ2n) is 4.62. The molecule has 22 heavy (non-hydrogen) atoms. The highest BCUT2D eigenvalue weighted by Gasteiger charge is 2.17. The summed E-state index contributed by atoms with van der Waals surface area (Å²) in [5, 5.41) is 10.3.